The van der Waals surface area contributed by atoms with Gasteiger partial charge in [-0.1, -0.05) is 13.3 Å². The predicted molar refractivity (Wildman–Crippen MR) is 43.9 cm³/mol. The van der Waals surface area contributed by atoms with Crippen molar-refractivity contribution in [3.8, 4) is 0 Å². The van der Waals surface area contributed by atoms with Crippen LogP contribution < -0.4 is 11.1 Å². The fourth-order valence-electron chi connectivity index (χ4n) is 1.62. The highest BCUT2D eigenvalue weighted by molar-refractivity contribution is 4.79. The molecule has 0 aliphatic carbocycles. The van der Waals surface area contributed by atoms with E-state index in [2.05, 4.69) is 12.2 Å². The van der Waals surface area contributed by atoms with Crippen molar-refractivity contribution in [1.29, 1.82) is 0 Å². The van der Waals surface area contributed by atoms with Crippen LogP contribution in [0.25, 0.3) is 0 Å². The quantitative estimate of drug-likeness (QED) is 0.600. The molecule has 1 saturated heterocycles. The van der Waals surface area contributed by atoms with Gasteiger partial charge < -0.3 is 11.1 Å². The topological polar surface area (TPSA) is 38.0 Å². The van der Waals surface area contributed by atoms with Crippen LogP contribution in [-0.4, -0.2) is 18.6 Å². The van der Waals surface area contributed by atoms with Crippen molar-refractivity contribution < 1.29 is 0 Å². The van der Waals surface area contributed by atoms with E-state index < -0.39 is 0 Å². The molecule has 10 heavy (non-hydrogen) atoms. The van der Waals surface area contributed by atoms with Crippen molar-refractivity contribution in [2.24, 2.45) is 5.73 Å². The first-order valence-corrected chi connectivity index (χ1v) is 4.33. The van der Waals surface area contributed by atoms with Crippen LogP contribution in [-0.2, 0) is 0 Å². The molecule has 0 saturated carbocycles. The van der Waals surface area contributed by atoms with Gasteiger partial charge in [0, 0.05) is 18.6 Å². The molecule has 0 amide bonds. The van der Waals surface area contributed by atoms with Crippen molar-refractivity contribution in [3.05, 3.63) is 0 Å². The summed E-state index contributed by atoms with van der Waals surface area (Å²) in [6.45, 7) is 3.03. The Morgan fingerprint density at radius 1 is 1.40 bits per heavy atom. The van der Waals surface area contributed by atoms with E-state index in [-0.39, 0.29) is 0 Å². The first-order chi connectivity index (χ1) is 4.86. The summed E-state index contributed by atoms with van der Waals surface area (Å²) in [4.78, 5) is 0. The molecule has 2 heteroatoms. The number of nitrogens with one attached hydrogen (secondary N) is 1. The van der Waals surface area contributed by atoms with Crippen LogP contribution in [0.15, 0.2) is 0 Å². The van der Waals surface area contributed by atoms with Crippen LogP contribution in [0.3, 0.4) is 0 Å². The summed E-state index contributed by atoms with van der Waals surface area (Å²) in [6, 6.07) is 1.33. The minimum absolute atomic E-state index is 0.596. The minimum atomic E-state index is 0.596. The molecule has 1 heterocycles. The van der Waals surface area contributed by atoms with E-state index in [1.807, 2.05) is 0 Å². The molecule has 3 N–H and O–H groups in total. The molecule has 2 nitrogen and oxygen atoms in total. The van der Waals surface area contributed by atoms with Crippen molar-refractivity contribution in [1.82, 2.24) is 5.32 Å². The maximum absolute atomic E-state index is 5.56. The van der Waals surface area contributed by atoms with E-state index >= 15 is 0 Å². The molecule has 0 aromatic rings. The summed E-state index contributed by atoms with van der Waals surface area (Å²) in [5.41, 5.74) is 5.56. The fourth-order valence-corrected chi connectivity index (χ4v) is 1.62. The van der Waals surface area contributed by atoms with Gasteiger partial charge in [0.25, 0.3) is 0 Å². The molecule has 1 fully saturated rings. The lowest BCUT2D eigenvalue weighted by molar-refractivity contribution is 0.318. The molecular formula is C8H18N2. The maximum Gasteiger partial charge on any atom is 0.0192 e. The van der Waals surface area contributed by atoms with E-state index in [4.69, 9.17) is 5.73 Å². The van der Waals surface area contributed by atoms with Crippen LogP contribution >= 0.6 is 0 Å². The summed E-state index contributed by atoms with van der Waals surface area (Å²) < 4.78 is 0. The lowest BCUT2D eigenvalue weighted by Crippen LogP contribution is -2.45. The smallest absolute Gasteiger partial charge is 0.0192 e. The van der Waals surface area contributed by atoms with E-state index in [0.29, 0.717) is 6.04 Å². The molecule has 0 radical (unpaired) electrons. The maximum atomic E-state index is 5.56. The van der Waals surface area contributed by atoms with Crippen molar-refractivity contribution in [2.75, 3.05) is 6.54 Å². The summed E-state index contributed by atoms with van der Waals surface area (Å²) in [5.74, 6) is 0. The Balaban J connectivity index is 2.25. The molecule has 1 aliphatic rings. The zero-order chi connectivity index (χ0) is 7.40. The van der Waals surface area contributed by atoms with Crippen LogP contribution in [0.5, 0.6) is 0 Å². The average Bonchev–Trinajstić information content (AvgIpc) is 2.05. The molecule has 1 rings (SSSR count). The number of nitrogens with two attached hydrogens (primary N) is 1. The normalized spacial score (nSPS) is 34.2. The number of hydrogen-bond acceptors (Lipinski definition) is 2. The highest BCUT2D eigenvalue weighted by Gasteiger charge is 2.17. The molecule has 0 aromatic heterocycles. The summed E-state index contributed by atoms with van der Waals surface area (Å²) in [5, 5.41) is 3.53. The van der Waals surface area contributed by atoms with Gasteiger partial charge in [-0.3, -0.25) is 0 Å². The number of rotatable bonds is 2. The molecule has 0 unspecified atom stereocenters. The van der Waals surface area contributed by atoms with Crippen LogP contribution in [0, 0.1) is 0 Å². The van der Waals surface area contributed by atoms with Crippen molar-refractivity contribution in [2.45, 2.75) is 44.7 Å². The molecule has 1 aliphatic heterocycles. The second kappa shape index (κ2) is 3.94. The first kappa shape index (κ1) is 8.02. The van der Waals surface area contributed by atoms with Gasteiger partial charge >= 0.3 is 0 Å². The third-order valence-corrected chi connectivity index (χ3v) is 2.35. The zero-order valence-corrected chi connectivity index (χ0v) is 6.77. The monoisotopic (exact) mass is 142 g/mol. The standard InChI is InChI=1S/C8H18N2/c1-2-7-4-3-5-8(6-9)10-7/h7-8,10H,2-6,9H2,1H3/t7-,8-/m1/s1. The lowest BCUT2D eigenvalue weighted by atomic mass is 9.97. The molecular weight excluding hydrogens is 124 g/mol. The highest BCUT2D eigenvalue weighted by Crippen LogP contribution is 2.13. The molecule has 0 spiro atoms. The molecule has 2 atom stereocenters. The largest absolute Gasteiger partial charge is 0.329 e. The Morgan fingerprint density at radius 2 is 2.10 bits per heavy atom. The Bertz CT molecular complexity index is 83.3. The van der Waals surface area contributed by atoms with Gasteiger partial charge in [0.15, 0.2) is 0 Å². The van der Waals surface area contributed by atoms with E-state index in [1.165, 1.54) is 25.7 Å². The van der Waals surface area contributed by atoms with Crippen LogP contribution in [0.2, 0.25) is 0 Å². The summed E-state index contributed by atoms with van der Waals surface area (Å²) >= 11 is 0. The van der Waals surface area contributed by atoms with Crippen LogP contribution in [0.4, 0.5) is 0 Å². The van der Waals surface area contributed by atoms with Gasteiger partial charge in [-0.2, -0.15) is 0 Å². The zero-order valence-electron chi connectivity index (χ0n) is 6.77. The van der Waals surface area contributed by atoms with Crippen molar-refractivity contribution >= 4 is 0 Å². The molecule has 0 aromatic carbocycles. The number of hydrogen-bond donors (Lipinski definition) is 2. The van der Waals surface area contributed by atoms with Gasteiger partial charge in [-0.05, 0) is 19.3 Å². The average molecular weight is 142 g/mol. The Labute approximate surface area is 63.2 Å². The first-order valence-electron chi connectivity index (χ1n) is 4.33. The van der Waals surface area contributed by atoms with E-state index in [9.17, 15) is 0 Å². The van der Waals surface area contributed by atoms with E-state index in [0.717, 1.165) is 12.6 Å². The number of piperidine rings is 1. The fraction of sp³-hybridized carbons (Fsp3) is 1.00. The summed E-state index contributed by atoms with van der Waals surface area (Å²) in [7, 11) is 0. The predicted octanol–water partition coefficient (Wildman–Crippen LogP) is 0.866. The summed E-state index contributed by atoms with van der Waals surface area (Å²) in [6.07, 6.45) is 5.21. The van der Waals surface area contributed by atoms with E-state index in [1.54, 1.807) is 0 Å². The second-order valence-corrected chi connectivity index (χ2v) is 3.14. The highest BCUT2D eigenvalue weighted by atomic mass is 15.0. The molecule has 0 bridgehead atoms. The van der Waals surface area contributed by atoms with Crippen molar-refractivity contribution in [3.63, 3.8) is 0 Å². The van der Waals surface area contributed by atoms with Crippen LogP contribution in [0.1, 0.15) is 32.6 Å². The Kier molecular flexibility index (Phi) is 3.16. The van der Waals surface area contributed by atoms with Gasteiger partial charge in [-0.25, -0.2) is 0 Å². The second-order valence-electron chi connectivity index (χ2n) is 3.14. The van der Waals surface area contributed by atoms with Gasteiger partial charge in [0.1, 0.15) is 0 Å². The Hall–Kier alpha value is -0.0800. The lowest BCUT2D eigenvalue weighted by Gasteiger charge is -2.29. The van der Waals surface area contributed by atoms with Gasteiger partial charge in [0.05, 0.1) is 0 Å². The third kappa shape index (κ3) is 1.96. The Morgan fingerprint density at radius 3 is 2.70 bits per heavy atom. The third-order valence-electron chi connectivity index (χ3n) is 2.35. The minimum Gasteiger partial charge on any atom is -0.329 e. The SMILES string of the molecule is CC[C@@H]1CCC[C@H](CN)N1. The van der Waals surface area contributed by atoms with Gasteiger partial charge in [-0.15, -0.1) is 0 Å². The van der Waals surface area contributed by atoms with Gasteiger partial charge in [0.2, 0.25) is 0 Å². The molecule has 60 valence electrons.